The first-order valence-electron chi connectivity index (χ1n) is 10.4. The van der Waals surface area contributed by atoms with Crippen LogP contribution in [0.1, 0.15) is 48.8 Å². The van der Waals surface area contributed by atoms with Crippen molar-refractivity contribution in [2.45, 2.75) is 43.7 Å². The highest BCUT2D eigenvalue weighted by Gasteiger charge is 2.50. The molecular formula is C24H26N2O2. The lowest BCUT2D eigenvalue weighted by molar-refractivity contribution is -0.146. The number of rotatable bonds is 5. The van der Waals surface area contributed by atoms with Gasteiger partial charge in [-0.25, -0.2) is 0 Å². The lowest BCUT2D eigenvalue weighted by Gasteiger charge is -2.40. The summed E-state index contributed by atoms with van der Waals surface area (Å²) in [6, 6.07) is 19.8. The summed E-state index contributed by atoms with van der Waals surface area (Å²) in [6.45, 7) is 0.573. The number of piperazine rings is 1. The number of benzene rings is 2. The molecular weight excluding hydrogens is 348 g/mol. The van der Waals surface area contributed by atoms with E-state index in [1.807, 2.05) is 53.4 Å². The Labute approximate surface area is 165 Å². The van der Waals surface area contributed by atoms with E-state index >= 15 is 0 Å². The molecule has 2 aromatic rings. The molecule has 4 nitrogen and oxygen atoms in total. The highest BCUT2D eigenvalue weighted by atomic mass is 16.2. The fraction of sp³-hybridized carbons (Fsp3) is 0.417. The van der Waals surface area contributed by atoms with E-state index in [1.54, 1.807) is 0 Å². The number of carbonyl (C=O) groups excluding carboxylic acids is 2. The quantitative estimate of drug-likeness (QED) is 0.868. The van der Waals surface area contributed by atoms with Crippen LogP contribution in [-0.2, 0) is 9.59 Å². The number of nitrogens with zero attached hydrogens (tertiary/aromatic N) is 1. The maximum absolute atomic E-state index is 13.4. The Morgan fingerprint density at radius 2 is 1.61 bits per heavy atom. The number of amides is 2. The Balaban J connectivity index is 1.37. The SMILES string of the molecule is O=C1N[C@@H](c2ccccc2)CN(C(=O)[C@@H]2C[C@H]2c2ccccc2)[C@H]1CC1CC1. The summed E-state index contributed by atoms with van der Waals surface area (Å²) in [7, 11) is 0. The Kier molecular flexibility index (Phi) is 4.42. The summed E-state index contributed by atoms with van der Waals surface area (Å²) in [5, 5.41) is 3.17. The Hall–Kier alpha value is -2.62. The monoisotopic (exact) mass is 374 g/mol. The molecule has 1 saturated heterocycles. The van der Waals surface area contributed by atoms with E-state index in [0.29, 0.717) is 18.4 Å². The Bertz CT molecular complexity index is 863. The fourth-order valence-corrected chi connectivity index (χ4v) is 4.55. The van der Waals surface area contributed by atoms with E-state index in [2.05, 4.69) is 17.4 Å². The second-order valence-corrected chi connectivity index (χ2v) is 8.52. The minimum absolute atomic E-state index is 0.0114. The van der Waals surface area contributed by atoms with Gasteiger partial charge in [0, 0.05) is 12.5 Å². The maximum atomic E-state index is 13.4. The summed E-state index contributed by atoms with van der Waals surface area (Å²) in [4.78, 5) is 28.3. The molecule has 4 atom stereocenters. The van der Waals surface area contributed by atoms with E-state index in [-0.39, 0.29) is 29.8 Å². The molecule has 0 radical (unpaired) electrons. The van der Waals surface area contributed by atoms with E-state index in [4.69, 9.17) is 0 Å². The first kappa shape index (κ1) is 17.5. The molecule has 2 aliphatic carbocycles. The molecule has 1 heterocycles. The first-order chi connectivity index (χ1) is 13.7. The highest BCUT2D eigenvalue weighted by molar-refractivity contribution is 5.91. The zero-order valence-corrected chi connectivity index (χ0v) is 16.0. The molecule has 0 unspecified atom stereocenters. The van der Waals surface area contributed by atoms with Crippen LogP contribution in [0.2, 0.25) is 0 Å². The molecule has 28 heavy (non-hydrogen) atoms. The second-order valence-electron chi connectivity index (χ2n) is 8.52. The average molecular weight is 374 g/mol. The Morgan fingerprint density at radius 3 is 2.25 bits per heavy atom. The summed E-state index contributed by atoms with van der Waals surface area (Å²) in [5.41, 5.74) is 2.30. The molecule has 0 spiro atoms. The van der Waals surface area contributed by atoms with E-state index in [9.17, 15) is 9.59 Å². The minimum Gasteiger partial charge on any atom is -0.346 e. The number of hydrogen-bond donors (Lipinski definition) is 1. The topological polar surface area (TPSA) is 49.4 Å². The van der Waals surface area contributed by atoms with Gasteiger partial charge in [0.2, 0.25) is 11.8 Å². The predicted molar refractivity (Wildman–Crippen MR) is 107 cm³/mol. The van der Waals surface area contributed by atoms with Crippen molar-refractivity contribution < 1.29 is 9.59 Å². The van der Waals surface area contributed by atoms with Gasteiger partial charge in [-0.2, -0.15) is 0 Å². The molecule has 3 fully saturated rings. The average Bonchev–Trinajstić information content (AvgIpc) is 3.65. The largest absolute Gasteiger partial charge is 0.346 e. The summed E-state index contributed by atoms with van der Waals surface area (Å²) in [6.07, 6.45) is 4.07. The molecule has 4 heteroatoms. The summed E-state index contributed by atoms with van der Waals surface area (Å²) in [5.74, 6) is 1.10. The fourth-order valence-electron chi connectivity index (χ4n) is 4.55. The summed E-state index contributed by atoms with van der Waals surface area (Å²) >= 11 is 0. The van der Waals surface area contributed by atoms with Gasteiger partial charge >= 0.3 is 0 Å². The van der Waals surface area contributed by atoms with Crippen molar-refractivity contribution >= 4 is 11.8 Å². The van der Waals surface area contributed by atoms with Crippen molar-refractivity contribution in [3.8, 4) is 0 Å². The molecule has 1 aliphatic heterocycles. The second kappa shape index (κ2) is 7.08. The van der Waals surface area contributed by atoms with Crippen molar-refractivity contribution in [3.05, 3.63) is 71.8 Å². The van der Waals surface area contributed by atoms with Crippen LogP contribution in [0.25, 0.3) is 0 Å². The summed E-state index contributed by atoms with van der Waals surface area (Å²) < 4.78 is 0. The van der Waals surface area contributed by atoms with Gasteiger partial charge in [-0.3, -0.25) is 9.59 Å². The van der Waals surface area contributed by atoms with Gasteiger partial charge in [0.15, 0.2) is 0 Å². The number of hydrogen-bond acceptors (Lipinski definition) is 2. The Morgan fingerprint density at radius 1 is 0.964 bits per heavy atom. The predicted octanol–water partition coefficient (Wildman–Crippen LogP) is 3.66. The molecule has 2 aromatic carbocycles. The van der Waals surface area contributed by atoms with Crippen molar-refractivity contribution in [2.24, 2.45) is 11.8 Å². The first-order valence-corrected chi connectivity index (χ1v) is 10.4. The van der Waals surface area contributed by atoms with Crippen LogP contribution in [0.5, 0.6) is 0 Å². The van der Waals surface area contributed by atoms with Crippen LogP contribution in [-0.4, -0.2) is 29.3 Å². The molecule has 144 valence electrons. The van der Waals surface area contributed by atoms with Crippen molar-refractivity contribution in [2.75, 3.05) is 6.54 Å². The zero-order chi connectivity index (χ0) is 19.1. The van der Waals surface area contributed by atoms with Gasteiger partial charge in [0.25, 0.3) is 0 Å². The van der Waals surface area contributed by atoms with Gasteiger partial charge < -0.3 is 10.2 Å². The minimum atomic E-state index is -0.308. The molecule has 5 rings (SSSR count). The zero-order valence-electron chi connectivity index (χ0n) is 16.0. The molecule has 2 amide bonds. The van der Waals surface area contributed by atoms with Gasteiger partial charge in [0.05, 0.1) is 6.04 Å². The van der Waals surface area contributed by atoms with Gasteiger partial charge in [-0.15, -0.1) is 0 Å². The van der Waals surface area contributed by atoms with Crippen LogP contribution in [0, 0.1) is 11.8 Å². The van der Waals surface area contributed by atoms with Gasteiger partial charge in [-0.05, 0) is 35.8 Å². The lowest BCUT2D eigenvalue weighted by atomic mass is 9.97. The molecule has 3 aliphatic rings. The third-order valence-electron chi connectivity index (χ3n) is 6.45. The lowest BCUT2D eigenvalue weighted by Crippen LogP contribution is -2.58. The molecule has 0 bridgehead atoms. The third kappa shape index (κ3) is 3.44. The van der Waals surface area contributed by atoms with Gasteiger partial charge in [0.1, 0.15) is 6.04 Å². The van der Waals surface area contributed by atoms with E-state index in [1.165, 1.54) is 18.4 Å². The molecule has 0 aromatic heterocycles. The highest BCUT2D eigenvalue weighted by Crippen LogP contribution is 2.49. The van der Waals surface area contributed by atoms with E-state index < -0.39 is 0 Å². The van der Waals surface area contributed by atoms with Crippen LogP contribution < -0.4 is 5.32 Å². The molecule has 2 saturated carbocycles. The van der Waals surface area contributed by atoms with Crippen LogP contribution in [0.4, 0.5) is 0 Å². The maximum Gasteiger partial charge on any atom is 0.243 e. The smallest absolute Gasteiger partial charge is 0.243 e. The number of carbonyl (C=O) groups is 2. The van der Waals surface area contributed by atoms with Crippen molar-refractivity contribution in [3.63, 3.8) is 0 Å². The van der Waals surface area contributed by atoms with Crippen LogP contribution >= 0.6 is 0 Å². The normalized spacial score (nSPS) is 29.3. The van der Waals surface area contributed by atoms with Gasteiger partial charge in [-0.1, -0.05) is 73.5 Å². The van der Waals surface area contributed by atoms with Crippen molar-refractivity contribution in [1.82, 2.24) is 10.2 Å². The van der Waals surface area contributed by atoms with Crippen LogP contribution in [0.3, 0.4) is 0 Å². The van der Waals surface area contributed by atoms with Crippen molar-refractivity contribution in [1.29, 1.82) is 0 Å². The standard InChI is InChI=1S/C24H26N2O2/c27-23-22(13-16-11-12-16)26(15-21(25-23)18-9-5-2-6-10-18)24(28)20-14-19(20)17-7-3-1-4-8-17/h1-10,16,19-22H,11-15H2,(H,25,27)/t19-,20+,21+,22-/m0/s1. The molecule has 1 N–H and O–H groups in total. The third-order valence-corrected chi connectivity index (χ3v) is 6.45. The van der Waals surface area contributed by atoms with Crippen LogP contribution in [0.15, 0.2) is 60.7 Å². The number of nitrogens with one attached hydrogen (secondary N) is 1. The van der Waals surface area contributed by atoms with E-state index in [0.717, 1.165) is 18.4 Å².